The fourth-order valence-corrected chi connectivity index (χ4v) is 5.23. The minimum Gasteiger partial charge on any atom is -0.302 e. The average Bonchev–Trinajstić information content (AvgIpc) is 3.20. The van der Waals surface area contributed by atoms with E-state index in [-0.39, 0.29) is 0 Å². The highest BCUT2D eigenvalue weighted by Crippen LogP contribution is 2.40. The molecule has 2 aliphatic heterocycles. The van der Waals surface area contributed by atoms with E-state index in [2.05, 4.69) is 32.2 Å². The van der Waals surface area contributed by atoms with Crippen LogP contribution in [0.15, 0.2) is 22.8 Å². The van der Waals surface area contributed by atoms with Gasteiger partial charge in [0.25, 0.3) is 0 Å². The number of hydrogen-bond acceptors (Lipinski definition) is 5. The lowest BCUT2D eigenvalue weighted by Crippen LogP contribution is -2.47. The SMILES string of the molecule is c1cc(CN2CCC3(CCCN(CC4CCC4)C3)C2)c2nonc2c1. The van der Waals surface area contributed by atoms with E-state index in [0.29, 0.717) is 5.41 Å². The first kappa shape index (κ1) is 15.8. The lowest BCUT2D eigenvalue weighted by atomic mass is 9.78. The topological polar surface area (TPSA) is 45.4 Å². The van der Waals surface area contributed by atoms with Crippen molar-refractivity contribution in [3.8, 4) is 0 Å². The molecule has 0 amide bonds. The molecule has 3 fully saturated rings. The number of likely N-dealkylation sites (tertiary alicyclic amines) is 2. The molecule has 0 radical (unpaired) electrons. The van der Waals surface area contributed by atoms with Crippen molar-refractivity contribution in [1.29, 1.82) is 0 Å². The zero-order chi connectivity index (χ0) is 16.7. The molecule has 5 rings (SSSR count). The molecule has 1 spiro atoms. The maximum absolute atomic E-state index is 4.92. The van der Waals surface area contributed by atoms with Crippen LogP contribution in [0.5, 0.6) is 0 Å². The number of aromatic nitrogens is 2. The van der Waals surface area contributed by atoms with Crippen LogP contribution < -0.4 is 0 Å². The van der Waals surface area contributed by atoms with Crippen molar-refractivity contribution in [3.63, 3.8) is 0 Å². The molecule has 3 heterocycles. The quantitative estimate of drug-likeness (QED) is 0.854. The van der Waals surface area contributed by atoms with E-state index in [1.807, 2.05) is 6.07 Å². The molecule has 1 aromatic carbocycles. The Bertz CT molecular complexity index is 740. The predicted octanol–water partition coefficient (Wildman–Crippen LogP) is 3.31. The Morgan fingerprint density at radius 3 is 2.84 bits per heavy atom. The average molecular weight is 340 g/mol. The van der Waals surface area contributed by atoms with Crippen LogP contribution in [0.2, 0.25) is 0 Å². The highest BCUT2D eigenvalue weighted by molar-refractivity contribution is 5.76. The van der Waals surface area contributed by atoms with Gasteiger partial charge >= 0.3 is 0 Å². The predicted molar refractivity (Wildman–Crippen MR) is 97.1 cm³/mol. The van der Waals surface area contributed by atoms with Gasteiger partial charge in [-0.25, -0.2) is 4.63 Å². The highest BCUT2D eigenvalue weighted by Gasteiger charge is 2.41. The lowest BCUT2D eigenvalue weighted by molar-refractivity contribution is 0.0668. The van der Waals surface area contributed by atoms with Gasteiger partial charge in [-0.1, -0.05) is 18.6 Å². The summed E-state index contributed by atoms with van der Waals surface area (Å²) >= 11 is 0. The molecule has 1 aromatic heterocycles. The van der Waals surface area contributed by atoms with Gasteiger partial charge in [-0.15, -0.1) is 0 Å². The van der Waals surface area contributed by atoms with Crippen molar-refractivity contribution in [2.45, 2.75) is 45.1 Å². The summed E-state index contributed by atoms with van der Waals surface area (Å²) in [6.07, 6.45) is 8.52. The number of piperidine rings is 1. The van der Waals surface area contributed by atoms with Gasteiger partial charge in [0, 0.05) is 26.2 Å². The molecule has 0 bridgehead atoms. The first-order chi connectivity index (χ1) is 12.3. The Labute approximate surface area is 149 Å². The van der Waals surface area contributed by atoms with Crippen LogP contribution in [0, 0.1) is 11.3 Å². The van der Waals surface area contributed by atoms with Gasteiger partial charge in [0.05, 0.1) is 0 Å². The summed E-state index contributed by atoms with van der Waals surface area (Å²) in [4.78, 5) is 5.40. The number of hydrogen-bond donors (Lipinski definition) is 0. The van der Waals surface area contributed by atoms with Crippen molar-refractivity contribution in [2.24, 2.45) is 11.3 Å². The summed E-state index contributed by atoms with van der Waals surface area (Å²) in [7, 11) is 0. The third kappa shape index (κ3) is 3.08. The minimum atomic E-state index is 0.526. The second-order valence-electron chi connectivity index (χ2n) is 8.65. The van der Waals surface area contributed by atoms with Gasteiger partial charge in [0.2, 0.25) is 0 Å². The second kappa shape index (κ2) is 6.36. The van der Waals surface area contributed by atoms with E-state index in [1.165, 1.54) is 76.8 Å². The van der Waals surface area contributed by atoms with E-state index in [4.69, 9.17) is 4.63 Å². The molecular formula is C20H28N4O. The molecule has 1 atom stereocenters. The fourth-order valence-electron chi connectivity index (χ4n) is 5.23. The molecule has 2 aromatic rings. The van der Waals surface area contributed by atoms with E-state index in [9.17, 15) is 0 Å². The normalized spacial score (nSPS) is 28.8. The van der Waals surface area contributed by atoms with Crippen LogP contribution in [0.4, 0.5) is 0 Å². The Balaban J connectivity index is 1.25. The molecule has 0 N–H and O–H groups in total. The molecule has 25 heavy (non-hydrogen) atoms. The number of rotatable bonds is 4. The summed E-state index contributed by atoms with van der Waals surface area (Å²) in [5, 5.41) is 8.08. The first-order valence-corrected chi connectivity index (χ1v) is 9.95. The smallest absolute Gasteiger partial charge is 0.139 e. The van der Waals surface area contributed by atoms with E-state index >= 15 is 0 Å². The number of benzene rings is 1. The zero-order valence-electron chi connectivity index (χ0n) is 15.0. The lowest BCUT2D eigenvalue weighted by Gasteiger charge is -2.43. The first-order valence-electron chi connectivity index (χ1n) is 9.95. The van der Waals surface area contributed by atoms with Crippen LogP contribution in [0.1, 0.15) is 44.1 Å². The molecule has 3 aliphatic rings. The molecule has 5 nitrogen and oxygen atoms in total. The molecule has 1 aliphatic carbocycles. The van der Waals surface area contributed by atoms with Crippen LogP contribution in [-0.4, -0.2) is 52.8 Å². The third-order valence-electron chi connectivity index (χ3n) is 6.76. The summed E-state index contributed by atoms with van der Waals surface area (Å²) in [5.41, 5.74) is 3.57. The summed E-state index contributed by atoms with van der Waals surface area (Å²) in [5.74, 6) is 0.991. The van der Waals surface area contributed by atoms with Crippen LogP contribution in [0.3, 0.4) is 0 Å². The molecular weight excluding hydrogens is 312 g/mol. The number of nitrogens with zero attached hydrogens (tertiary/aromatic N) is 4. The van der Waals surface area contributed by atoms with Crippen molar-refractivity contribution in [1.82, 2.24) is 20.1 Å². The Kier molecular flexibility index (Phi) is 4.01. The van der Waals surface area contributed by atoms with Gasteiger partial charge in [0.1, 0.15) is 11.0 Å². The van der Waals surface area contributed by atoms with Gasteiger partial charge in [-0.05, 0) is 78.5 Å². The van der Waals surface area contributed by atoms with Gasteiger partial charge in [-0.3, -0.25) is 4.90 Å². The standard InChI is InChI=1S/C20H28N4O/c1-4-16(5-1)12-23-10-3-8-20(14-23)9-11-24(15-20)13-17-6-2-7-18-19(17)22-25-21-18/h2,6-7,16H,1,3-5,8-15H2. The monoisotopic (exact) mass is 340 g/mol. The number of fused-ring (bicyclic) bond motifs is 1. The van der Waals surface area contributed by atoms with Crippen molar-refractivity contribution in [3.05, 3.63) is 23.8 Å². The highest BCUT2D eigenvalue weighted by atomic mass is 16.6. The van der Waals surface area contributed by atoms with Gasteiger partial charge in [-0.2, -0.15) is 0 Å². The Morgan fingerprint density at radius 1 is 1.04 bits per heavy atom. The van der Waals surface area contributed by atoms with Crippen molar-refractivity contribution >= 4 is 11.0 Å². The van der Waals surface area contributed by atoms with E-state index in [1.54, 1.807) is 0 Å². The summed E-state index contributed by atoms with van der Waals surface area (Å²) in [6, 6.07) is 6.20. The van der Waals surface area contributed by atoms with E-state index in [0.717, 1.165) is 23.5 Å². The third-order valence-corrected chi connectivity index (χ3v) is 6.76. The van der Waals surface area contributed by atoms with Crippen molar-refractivity contribution < 1.29 is 4.63 Å². The molecule has 2 saturated heterocycles. The van der Waals surface area contributed by atoms with Gasteiger partial charge in [0.15, 0.2) is 0 Å². The summed E-state index contributed by atoms with van der Waals surface area (Å²) in [6.45, 7) is 7.40. The zero-order valence-corrected chi connectivity index (χ0v) is 15.0. The van der Waals surface area contributed by atoms with Crippen LogP contribution in [0.25, 0.3) is 11.0 Å². The molecule has 1 saturated carbocycles. The molecule has 134 valence electrons. The minimum absolute atomic E-state index is 0.526. The second-order valence-corrected chi connectivity index (χ2v) is 8.65. The van der Waals surface area contributed by atoms with Crippen LogP contribution >= 0.6 is 0 Å². The largest absolute Gasteiger partial charge is 0.302 e. The van der Waals surface area contributed by atoms with E-state index < -0.39 is 0 Å². The van der Waals surface area contributed by atoms with Crippen molar-refractivity contribution in [2.75, 3.05) is 32.7 Å². The Hall–Kier alpha value is -1.46. The van der Waals surface area contributed by atoms with Gasteiger partial charge < -0.3 is 4.90 Å². The summed E-state index contributed by atoms with van der Waals surface area (Å²) < 4.78 is 4.92. The molecule has 5 heteroatoms. The molecule has 1 unspecified atom stereocenters. The van der Waals surface area contributed by atoms with Crippen LogP contribution in [-0.2, 0) is 6.54 Å². The Morgan fingerprint density at radius 2 is 1.96 bits per heavy atom. The maximum Gasteiger partial charge on any atom is 0.139 e. The maximum atomic E-state index is 4.92. The fraction of sp³-hybridized carbons (Fsp3) is 0.700.